The maximum absolute atomic E-state index is 12.2. The Bertz CT molecular complexity index is 1020. The fourth-order valence-electron chi connectivity index (χ4n) is 2.80. The average Bonchev–Trinajstić information content (AvgIpc) is 3.11. The van der Waals surface area contributed by atoms with Crippen LogP contribution < -0.4 is 5.32 Å². The van der Waals surface area contributed by atoms with E-state index in [2.05, 4.69) is 52.1 Å². The monoisotopic (exact) mass is 391 g/mol. The molecule has 0 atom stereocenters. The Kier molecular flexibility index (Phi) is 6.45. The molecule has 0 fully saturated rings. The molecule has 0 aliphatic rings. The minimum Gasteiger partial charge on any atom is -0.326 e. The first-order chi connectivity index (χ1) is 13.6. The zero-order valence-corrected chi connectivity index (χ0v) is 16.7. The molecule has 0 radical (unpaired) electrons. The molecule has 0 aliphatic heterocycles. The van der Waals surface area contributed by atoms with Crippen LogP contribution in [-0.4, -0.2) is 26.4 Å². The van der Waals surface area contributed by atoms with Gasteiger partial charge in [-0.2, -0.15) is 5.26 Å². The van der Waals surface area contributed by atoms with Crippen LogP contribution in [0.2, 0.25) is 0 Å². The molecular weight excluding hydrogens is 370 g/mol. The van der Waals surface area contributed by atoms with E-state index < -0.39 is 0 Å². The topological polar surface area (TPSA) is 83.6 Å². The Morgan fingerprint density at radius 3 is 2.79 bits per heavy atom. The van der Waals surface area contributed by atoms with Gasteiger partial charge in [0, 0.05) is 30.0 Å². The standard InChI is InChI=1S/C21H21N5OS/c1-3-26-20(17-8-4-6-15(2)12-17)24-25-21(26)28-11-10-19(27)23-18-9-5-7-16(13-18)14-22/h4-9,12-13H,3,10-11H2,1-2H3,(H,23,27). The van der Waals surface area contributed by atoms with Crippen molar-refractivity contribution in [3.63, 3.8) is 0 Å². The van der Waals surface area contributed by atoms with E-state index in [0.717, 1.165) is 23.1 Å². The van der Waals surface area contributed by atoms with Crippen LogP contribution in [0.1, 0.15) is 24.5 Å². The second kappa shape index (κ2) is 9.20. The van der Waals surface area contributed by atoms with Crippen LogP contribution in [0.5, 0.6) is 0 Å². The molecule has 28 heavy (non-hydrogen) atoms. The van der Waals surface area contributed by atoms with Crippen LogP contribution in [0.3, 0.4) is 0 Å². The summed E-state index contributed by atoms with van der Waals surface area (Å²) < 4.78 is 2.06. The van der Waals surface area contributed by atoms with Gasteiger partial charge in [-0.1, -0.05) is 41.6 Å². The number of rotatable bonds is 7. The summed E-state index contributed by atoms with van der Waals surface area (Å²) in [7, 11) is 0. The van der Waals surface area contributed by atoms with E-state index in [4.69, 9.17) is 5.26 Å². The van der Waals surface area contributed by atoms with Gasteiger partial charge in [-0.3, -0.25) is 4.79 Å². The number of thioether (sulfide) groups is 1. The normalized spacial score (nSPS) is 10.5. The number of nitrogens with one attached hydrogen (secondary N) is 1. The third kappa shape index (κ3) is 4.78. The van der Waals surface area contributed by atoms with E-state index >= 15 is 0 Å². The Morgan fingerprint density at radius 2 is 2.04 bits per heavy atom. The highest BCUT2D eigenvalue weighted by atomic mass is 32.2. The third-order valence-corrected chi connectivity index (χ3v) is 5.11. The Hall–Kier alpha value is -3.11. The molecule has 7 heteroatoms. The van der Waals surface area contributed by atoms with E-state index in [1.165, 1.54) is 17.3 Å². The summed E-state index contributed by atoms with van der Waals surface area (Å²) in [6, 6.07) is 17.1. The first-order valence-corrected chi connectivity index (χ1v) is 10.0. The van der Waals surface area contributed by atoms with Crippen molar-refractivity contribution < 1.29 is 4.79 Å². The van der Waals surface area contributed by atoms with Gasteiger partial charge in [0.05, 0.1) is 11.6 Å². The van der Waals surface area contributed by atoms with Crippen LogP contribution in [-0.2, 0) is 11.3 Å². The van der Waals surface area contributed by atoms with Crippen molar-refractivity contribution in [2.24, 2.45) is 0 Å². The van der Waals surface area contributed by atoms with Crippen LogP contribution in [0.25, 0.3) is 11.4 Å². The van der Waals surface area contributed by atoms with Crippen LogP contribution in [0, 0.1) is 18.3 Å². The predicted octanol–water partition coefficient (Wildman–Crippen LogP) is 4.27. The van der Waals surface area contributed by atoms with Crippen molar-refractivity contribution in [3.05, 3.63) is 59.7 Å². The summed E-state index contributed by atoms with van der Waals surface area (Å²) in [5, 5.41) is 21.2. The van der Waals surface area contributed by atoms with Crippen molar-refractivity contribution >= 4 is 23.4 Å². The van der Waals surface area contributed by atoms with Crippen molar-refractivity contribution in [2.75, 3.05) is 11.1 Å². The number of carbonyl (C=O) groups is 1. The van der Waals surface area contributed by atoms with Gasteiger partial charge in [0.2, 0.25) is 5.91 Å². The lowest BCUT2D eigenvalue weighted by molar-refractivity contribution is -0.115. The predicted molar refractivity (Wildman–Crippen MR) is 111 cm³/mol. The molecule has 1 N–H and O–H groups in total. The lowest BCUT2D eigenvalue weighted by atomic mass is 10.1. The minimum absolute atomic E-state index is 0.0935. The summed E-state index contributed by atoms with van der Waals surface area (Å²) in [5.74, 6) is 1.34. The molecule has 1 amide bonds. The fourth-order valence-corrected chi connectivity index (χ4v) is 3.74. The largest absolute Gasteiger partial charge is 0.326 e. The van der Waals surface area contributed by atoms with Gasteiger partial charge in [-0.25, -0.2) is 0 Å². The number of hydrogen-bond donors (Lipinski definition) is 1. The maximum atomic E-state index is 12.2. The van der Waals surface area contributed by atoms with Gasteiger partial charge in [0.1, 0.15) is 0 Å². The summed E-state index contributed by atoms with van der Waals surface area (Å²) >= 11 is 1.51. The minimum atomic E-state index is -0.0935. The molecule has 2 aromatic carbocycles. The Morgan fingerprint density at radius 1 is 1.21 bits per heavy atom. The van der Waals surface area contributed by atoms with Gasteiger partial charge in [0.15, 0.2) is 11.0 Å². The van der Waals surface area contributed by atoms with Gasteiger partial charge < -0.3 is 9.88 Å². The number of aryl methyl sites for hydroxylation is 1. The maximum Gasteiger partial charge on any atom is 0.225 e. The highest BCUT2D eigenvalue weighted by Crippen LogP contribution is 2.25. The van der Waals surface area contributed by atoms with E-state index in [1.807, 2.05) is 12.1 Å². The highest BCUT2D eigenvalue weighted by molar-refractivity contribution is 7.99. The molecule has 1 aromatic heterocycles. The molecule has 142 valence electrons. The smallest absolute Gasteiger partial charge is 0.225 e. The second-order valence-electron chi connectivity index (χ2n) is 6.26. The Balaban J connectivity index is 1.60. The van der Waals surface area contributed by atoms with Crippen LogP contribution in [0.15, 0.2) is 53.7 Å². The second-order valence-corrected chi connectivity index (χ2v) is 7.32. The van der Waals surface area contributed by atoms with Gasteiger partial charge in [0.25, 0.3) is 0 Å². The van der Waals surface area contributed by atoms with Gasteiger partial charge >= 0.3 is 0 Å². The first-order valence-electron chi connectivity index (χ1n) is 9.03. The molecule has 0 spiro atoms. The van der Waals surface area contributed by atoms with Crippen LogP contribution >= 0.6 is 11.8 Å². The third-order valence-electron chi connectivity index (χ3n) is 4.15. The number of amides is 1. The summed E-state index contributed by atoms with van der Waals surface area (Å²) in [6.07, 6.45) is 0.345. The van der Waals surface area contributed by atoms with Gasteiger partial charge in [-0.15, -0.1) is 10.2 Å². The number of benzene rings is 2. The number of hydrogen-bond acceptors (Lipinski definition) is 5. The van der Waals surface area contributed by atoms with E-state index in [-0.39, 0.29) is 5.91 Å². The summed E-state index contributed by atoms with van der Waals surface area (Å²) in [5.41, 5.74) is 3.37. The summed E-state index contributed by atoms with van der Waals surface area (Å²) in [4.78, 5) is 12.2. The van der Waals surface area contributed by atoms with E-state index in [1.54, 1.807) is 24.3 Å². The molecule has 0 saturated carbocycles. The summed E-state index contributed by atoms with van der Waals surface area (Å²) in [6.45, 7) is 4.87. The molecule has 0 unspecified atom stereocenters. The van der Waals surface area contributed by atoms with E-state index in [0.29, 0.717) is 23.4 Å². The van der Waals surface area contributed by atoms with Crippen molar-refractivity contribution in [1.29, 1.82) is 5.26 Å². The zero-order chi connectivity index (χ0) is 19.9. The molecule has 1 heterocycles. The average molecular weight is 392 g/mol. The van der Waals surface area contributed by atoms with Crippen molar-refractivity contribution in [2.45, 2.75) is 32.0 Å². The number of aromatic nitrogens is 3. The highest BCUT2D eigenvalue weighted by Gasteiger charge is 2.14. The molecular formula is C21H21N5OS. The SMILES string of the molecule is CCn1c(SCCC(=O)Nc2cccc(C#N)c2)nnc1-c1cccc(C)c1. The molecule has 6 nitrogen and oxygen atoms in total. The number of carbonyl (C=O) groups excluding carboxylic acids is 1. The van der Waals surface area contributed by atoms with E-state index in [9.17, 15) is 4.79 Å². The molecule has 3 rings (SSSR count). The lowest BCUT2D eigenvalue weighted by Crippen LogP contribution is -2.12. The number of anilines is 1. The first kappa shape index (κ1) is 19.6. The van der Waals surface area contributed by atoms with Crippen LogP contribution in [0.4, 0.5) is 5.69 Å². The molecule has 0 bridgehead atoms. The van der Waals surface area contributed by atoms with Crippen molar-refractivity contribution in [3.8, 4) is 17.5 Å². The number of nitriles is 1. The number of nitrogens with zero attached hydrogens (tertiary/aromatic N) is 4. The molecule has 3 aromatic rings. The van der Waals surface area contributed by atoms with Gasteiger partial charge in [-0.05, 0) is 38.1 Å². The fraction of sp³-hybridized carbons (Fsp3) is 0.238. The quantitative estimate of drug-likeness (QED) is 0.608. The zero-order valence-electron chi connectivity index (χ0n) is 15.8. The molecule has 0 saturated heterocycles. The Labute approximate surface area is 168 Å². The van der Waals surface area contributed by atoms with Crippen molar-refractivity contribution in [1.82, 2.24) is 14.8 Å². The molecule has 0 aliphatic carbocycles. The lowest BCUT2D eigenvalue weighted by Gasteiger charge is -2.08.